The monoisotopic (exact) mass is 330 g/mol. The van der Waals surface area contributed by atoms with Crippen LogP contribution in [0.1, 0.15) is 29.2 Å². The summed E-state index contributed by atoms with van der Waals surface area (Å²) in [5.41, 5.74) is 9.07. The van der Waals surface area contributed by atoms with E-state index in [1.807, 2.05) is 13.1 Å². The van der Waals surface area contributed by atoms with Crippen molar-refractivity contribution in [3.63, 3.8) is 0 Å². The van der Waals surface area contributed by atoms with E-state index in [9.17, 15) is 0 Å². The van der Waals surface area contributed by atoms with Crippen molar-refractivity contribution >= 4 is 28.4 Å². The van der Waals surface area contributed by atoms with E-state index in [0.717, 1.165) is 11.4 Å². The van der Waals surface area contributed by atoms with E-state index in [-0.39, 0.29) is 6.17 Å². The maximum Gasteiger partial charge on any atom is 0.202 e. The summed E-state index contributed by atoms with van der Waals surface area (Å²) in [5, 5.41) is 0. The third kappa shape index (κ3) is 2.34. The first-order chi connectivity index (χ1) is 11.8. The van der Waals surface area contributed by atoms with Crippen molar-refractivity contribution in [1.82, 2.24) is 0 Å². The van der Waals surface area contributed by atoms with Gasteiger partial charge in [0.1, 0.15) is 6.17 Å². The topological polar surface area (TPSA) is 15.2 Å². The number of nitrogens with zero attached hydrogens (tertiary/aromatic N) is 4. The fraction of sp³-hybridized carbons (Fsp3) is 0.333. The van der Waals surface area contributed by atoms with Gasteiger partial charge in [-0.25, -0.2) is 9.69 Å². The molecular weight excluding hydrogens is 308 g/mol. The van der Waals surface area contributed by atoms with Gasteiger partial charge in [0.15, 0.2) is 5.69 Å². The zero-order chi connectivity index (χ0) is 18.5. The van der Waals surface area contributed by atoms with Crippen molar-refractivity contribution in [1.29, 1.82) is 0 Å². The molecule has 1 atom stereocenters. The smallest absolute Gasteiger partial charge is 0.202 e. The van der Waals surface area contributed by atoms with E-state index in [4.69, 9.17) is 13.1 Å². The molecule has 0 radical (unpaired) electrons. The molecule has 4 heteroatoms. The van der Waals surface area contributed by atoms with Crippen LogP contribution in [0, 0.1) is 40.8 Å². The first kappa shape index (κ1) is 16.9. The Morgan fingerprint density at radius 1 is 0.880 bits per heavy atom. The van der Waals surface area contributed by atoms with E-state index < -0.39 is 0 Å². The summed E-state index contributed by atoms with van der Waals surface area (Å²) in [6, 6.07) is 5.81. The van der Waals surface area contributed by atoms with Gasteiger partial charge in [-0.3, -0.25) is 0 Å². The quantitative estimate of drug-likeness (QED) is 0.600. The van der Waals surface area contributed by atoms with Crippen molar-refractivity contribution in [2.75, 3.05) is 16.8 Å². The van der Waals surface area contributed by atoms with Crippen molar-refractivity contribution in [2.24, 2.45) is 0 Å². The lowest BCUT2D eigenvalue weighted by atomic mass is 9.97. The number of aryl methyl sites for hydroxylation is 2. The van der Waals surface area contributed by atoms with Crippen LogP contribution in [0.25, 0.3) is 9.69 Å². The highest BCUT2D eigenvalue weighted by atomic mass is 15.4. The highest BCUT2D eigenvalue weighted by molar-refractivity contribution is 5.96. The molecule has 0 unspecified atom stereocenters. The fourth-order valence-corrected chi connectivity index (χ4v) is 3.67. The molecule has 0 fully saturated rings. The van der Waals surface area contributed by atoms with Crippen molar-refractivity contribution in [3.05, 3.63) is 63.3 Å². The van der Waals surface area contributed by atoms with E-state index in [1.54, 1.807) is 6.07 Å². The average Bonchev–Trinajstić information content (AvgIpc) is 2.84. The summed E-state index contributed by atoms with van der Waals surface area (Å²) in [7, 11) is 2.03. The van der Waals surface area contributed by atoms with Crippen LogP contribution in [-0.2, 0) is 0 Å². The summed E-state index contributed by atoms with van der Waals surface area (Å²) < 4.78 is 0. The largest absolute Gasteiger partial charge is 0.355 e. The van der Waals surface area contributed by atoms with Gasteiger partial charge in [-0.15, -0.1) is 0 Å². The van der Waals surface area contributed by atoms with Crippen LogP contribution < -0.4 is 9.80 Å². The molecule has 0 N–H and O–H groups in total. The van der Waals surface area contributed by atoms with Gasteiger partial charge in [0, 0.05) is 18.4 Å². The van der Waals surface area contributed by atoms with Crippen LogP contribution in [0.4, 0.5) is 28.4 Å². The predicted molar refractivity (Wildman–Crippen MR) is 104 cm³/mol. The lowest BCUT2D eigenvalue weighted by molar-refractivity contribution is 0.730. The van der Waals surface area contributed by atoms with Crippen LogP contribution in [-0.4, -0.2) is 13.2 Å². The molecule has 25 heavy (non-hydrogen) atoms. The lowest BCUT2D eigenvalue weighted by Crippen LogP contribution is -2.36. The Morgan fingerprint density at radius 2 is 1.48 bits per heavy atom. The molecule has 4 nitrogen and oxygen atoms in total. The molecule has 2 aromatic carbocycles. The first-order valence-electron chi connectivity index (χ1n) is 8.34. The van der Waals surface area contributed by atoms with E-state index in [0.29, 0.717) is 11.4 Å². The van der Waals surface area contributed by atoms with Crippen LogP contribution >= 0.6 is 0 Å². The second-order valence-electron chi connectivity index (χ2n) is 6.78. The van der Waals surface area contributed by atoms with Crippen molar-refractivity contribution in [2.45, 2.75) is 40.8 Å². The molecule has 0 saturated carbocycles. The summed E-state index contributed by atoms with van der Waals surface area (Å²) in [4.78, 5) is 11.7. The van der Waals surface area contributed by atoms with Crippen LogP contribution in [0.5, 0.6) is 0 Å². The van der Waals surface area contributed by atoms with E-state index in [1.165, 1.54) is 27.9 Å². The number of hydrogen-bond acceptors (Lipinski definition) is 2. The lowest BCUT2D eigenvalue weighted by Gasteiger charge is -2.32. The molecule has 1 heterocycles. The van der Waals surface area contributed by atoms with Gasteiger partial charge in [-0.1, -0.05) is 6.07 Å². The van der Waals surface area contributed by atoms with E-state index >= 15 is 0 Å². The molecule has 0 saturated heterocycles. The molecular formula is C21H22N4. The summed E-state index contributed by atoms with van der Waals surface area (Å²) in [6.45, 7) is 25.7. The second kappa shape index (κ2) is 5.83. The maximum absolute atomic E-state index is 7.64. The van der Waals surface area contributed by atoms with Crippen molar-refractivity contribution < 1.29 is 0 Å². The highest BCUT2D eigenvalue weighted by Crippen LogP contribution is 2.52. The number of anilines is 3. The Bertz CT molecular complexity index is 933. The predicted octanol–water partition coefficient (Wildman–Crippen LogP) is 5.96. The van der Waals surface area contributed by atoms with E-state index in [2.05, 4.69) is 60.2 Å². The van der Waals surface area contributed by atoms with Gasteiger partial charge in [-0.2, -0.15) is 0 Å². The minimum Gasteiger partial charge on any atom is -0.355 e. The van der Waals surface area contributed by atoms with Gasteiger partial charge in [0.05, 0.1) is 18.8 Å². The van der Waals surface area contributed by atoms with Crippen molar-refractivity contribution in [3.8, 4) is 0 Å². The number of hydrogen-bond donors (Lipinski definition) is 0. The van der Waals surface area contributed by atoms with Crippen LogP contribution in [0.2, 0.25) is 0 Å². The van der Waals surface area contributed by atoms with Gasteiger partial charge in [0.2, 0.25) is 5.69 Å². The molecule has 1 aliphatic rings. The Labute approximate surface area is 149 Å². The SMILES string of the molecule is [C-]#[N+]c1cc([N+]#[C-])c2c(c1)N(C)[C@H](C)N2c1c(C)c(C)cc(C)c1C. The maximum atomic E-state index is 7.64. The van der Waals surface area contributed by atoms with Crippen LogP contribution in [0.15, 0.2) is 18.2 Å². The molecule has 0 aliphatic carbocycles. The Balaban J connectivity index is 2.37. The number of fused-ring (bicyclic) bond motifs is 1. The van der Waals surface area contributed by atoms with Crippen LogP contribution in [0.3, 0.4) is 0 Å². The third-order valence-electron chi connectivity index (χ3n) is 5.43. The molecule has 0 bridgehead atoms. The van der Waals surface area contributed by atoms with Gasteiger partial charge >= 0.3 is 0 Å². The minimum absolute atomic E-state index is 0.0788. The normalized spacial score (nSPS) is 15.8. The third-order valence-corrected chi connectivity index (χ3v) is 5.43. The number of benzene rings is 2. The molecule has 0 aromatic heterocycles. The van der Waals surface area contributed by atoms with Gasteiger partial charge in [0.25, 0.3) is 0 Å². The summed E-state index contributed by atoms with van der Waals surface area (Å²) in [6.07, 6.45) is 0.0788. The number of rotatable bonds is 1. The highest BCUT2D eigenvalue weighted by Gasteiger charge is 2.35. The zero-order valence-electron chi connectivity index (χ0n) is 15.6. The minimum atomic E-state index is 0.0788. The molecule has 0 spiro atoms. The summed E-state index contributed by atoms with van der Waals surface area (Å²) >= 11 is 0. The average molecular weight is 330 g/mol. The van der Waals surface area contributed by atoms with Gasteiger partial charge < -0.3 is 9.80 Å². The fourth-order valence-electron chi connectivity index (χ4n) is 3.67. The van der Waals surface area contributed by atoms with Gasteiger partial charge in [-0.05, 0) is 69.0 Å². The molecule has 3 rings (SSSR count). The Hall–Kier alpha value is -2.98. The summed E-state index contributed by atoms with van der Waals surface area (Å²) in [5.74, 6) is 0. The standard InChI is InChI=1S/C21H22N4/c1-12-9-13(2)15(4)20(14(12)3)25-16(5)24(8)19-11-17(22-6)10-18(23-7)21(19)25/h9-11,16H,1-5,8H3/t16-/m0/s1. The Kier molecular flexibility index (Phi) is 3.93. The first-order valence-corrected chi connectivity index (χ1v) is 8.34. The zero-order valence-corrected chi connectivity index (χ0v) is 15.6. The molecule has 1 aliphatic heterocycles. The molecule has 2 aromatic rings. The Morgan fingerprint density at radius 3 is 2.00 bits per heavy atom. The molecule has 126 valence electrons. The molecule has 0 amide bonds. The second-order valence-corrected chi connectivity index (χ2v) is 6.78.